The highest BCUT2D eigenvalue weighted by Gasteiger charge is 2.29. The van der Waals surface area contributed by atoms with E-state index in [1.165, 1.54) is 17.7 Å². The van der Waals surface area contributed by atoms with Gasteiger partial charge in [0.15, 0.2) is 0 Å². The second-order valence-corrected chi connectivity index (χ2v) is 5.76. The van der Waals surface area contributed by atoms with Gasteiger partial charge in [-0.1, -0.05) is 6.42 Å². The van der Waals surface area contributed by atoms with Crippen molar-refractivity contribution in [2.75, 3.05) is 6.54 Å². The number of carboxylic acid groups (broad SMARTS) is 1. The molecular weight excluding hydrogens is 204 g/mol. The molecule has 2 atom stereocenters. The third kappa shape index (κ3) is 3.67. The smallest absolute Gasteiger partial charge is 0.407 e. The van der Waals surface area contributed by atoms with Gasteiger partial charge in [0.2, 0.25) is 0 Å². The van der Waals surface area contributed by atoms with Crippen LogP contribution in [0.2, 0.25) is 0 Å². The van der Waals surface area contributed by atoms with Gasteiger partial charge in [-0.3, -0.25) is 0 Å². The van der Waals surface area contributed by atoms with Crippen LogP contribution in [0.1, 0.15) is 47.0 Å². The average Bonchev–Trinajstić information content (AvgIpc) is 2.12. The standard InChI is InChI=1S/C12H24N2O2/c1-9-6-5-7-10(13-9)8-14(11(15)16)12(2,3)4/h9-10,13H,5-8H2,1-4H3,(H,15,16)/t9-,10-/m1/s1. The molecule has 0 aromatic carbocycles. The van der Waals surface area contributed by atoms with Gasteiger partial charge in [-0.2, -0.15) is 0 Å². The summed E-state index contributed by atoms with van der Waals surface area (Å²) in [7, 11) is 0. The van der Waals surface area contributed by atoms with E-state index in [2.05, 4.69) is 12.2 Å². The van der Waals surface area contributed by atoms with Crippen molar-refractivity contribution >= 4 is 6.09 Å². The van der Waals surface area contributed by atoms with E-state index in [-0.39, 0.29) is 5.54 Å². The van der Waals surface area contributed by atoms with Gasteiger partial charge in [-0.15, -0.1) is 0 Å². The molecule has 1 saturated heterocycles. The van der Waals surface area contributed by atoms with Crippen LogP contribution in [0.25, 0.3) is 0 Å². The molecule has 1 fully saturated rings. The zero-order chi connectivity index (χ0) is 12.3. The fourth-order valence-corrected chi connectivity index (χ4v) is 2.24. The molecule has 0 aromatic rings. The van der Waals surface area contributed by atoms with E-state index in [4.69, 9.17) is 0 Å². The molecule has 1 rings (SSSR count). The van der Waals surface area contributed by atoms with E-state index >= 15 is 0 Å². The maximum Gasteiger partial charge on any atom is 0.407 e. The molecular formula is C12H24N2O2. The summed E-state index contributed by atoms with van der Waals surface area (Å²) in [6, 6.07) is 0.813. The van der Waals surface area contributed by atoms with E-state index in [0.29, 0.717) is 18.6 Å². The maximum absolute atomic E-state index is 11.2. The second-order valence-electron chi connectivity index (χ2n) is 5.76. The van der Waals surface area contributed by atoms with Gasteiger partial charge in [-0.25, -0.2) is 4.79 Å². The highest BCUT2D eigenvalue weighted by molar-refractivity contribution is 5.66. The van der Waals surface area contributed by atoms with Crippen molar-refractivity contribution < 1.29 is 9.90 Å². The molecule has 94 valence electrons. The predicted molar refractivity (Wildman–Crippen MR) is 64.7 cm³/mol. The fourth-order valence-electron chi connectivity index (χ4n) is 2.24. The molecule has 0 spiro atoms. The van der Waals surface area contributed by atoms with E-state index in [1.54, 1.807) is 0 Å². The van der Waals surface area contributed by atoms with E-state index < -0.39 is 6.09 Å². The minimum atomic E-state index is -0.826. The van der Waals surface area contributed by atoms with Crippen molar-refractivity contribution in [2.24, 2.45) is 0 Å². The molecule has 1 aliphatic rings. The third-order valence-corrected chi connectivity index (χ3v) is 3.15. The van der Waals surface area contributed by atoms with E-state index in [9.17, 15) is 9.90 Å². The molecule has 16 heavy (non-hydrogen) atoms. The Morgan fingerprint density at radius 2 is 2.06 bits per heavy atom. The normalized spacial score (nSPS) is 26.5. The Hall–Kier alpha value is -0.770. The lowest BCUT2D eigenvalue weighted by atomic mass is 9.97. The zero-order valence-corrected chi connectivity index (χ0v) is 10.8. The zero-order valence-electron chi connectivity index (χ0n) is 10.8. The second kappa shape index (κ2) is 5.04. The van der Waals surface area contributed by atoms with Crippen LogP contribution < -0.4 is 5.32 Å². The third-order valence-electron chi connectivity index (χ3n) is 3.15. The van der Waals surface area contributed by atoms with Gasteiger partial charge in [0.25, 0.3) is 0 Å². The lowest BCUT2D eigenvalue weighted by Gasteiger charge is -2.38. The summed E-state index contributed by atoms with van der Waals surface area (Å²) in [5.74, 6) is 0. The summed E-state index contributed by atoms with van der Waals surface area (Å²) in [5.41, 5.74) is -0.325. The highest BCUT2D eigenvalue weighted by atomic mass is 16.4. The molecule has 1 heterocycles. The summed E-state index contributed by atoms with van der Waals surface area (Å²) >= 11 is 0. The van der Waals surface area contributed by atoms with E-state index in [1.807, 2.05) is 20.8 Å². The van der Waals surface area contributed by atoms with Gasteiger partial charge in [0.05, 0.1) is 0 Å². The molecule has 0 aliphatic carbocycles. The van der Waals surface area contributed by atoms with Crippen LogP contribution in [0.4, 0.5) is 4.79 Å². The number of nitrogens with zero attached hydrogens (tertiary/aromatic N) is 1. The number of hydrogen-bond donors (Lipinski definition) is 2. The van der Waals surface area contributed by atoms with Gasteiger partial charge in [0, 0.05) is 24.2 Å². The first kappa shape index (κ1) is 13.3. The minimum absolute atomic E-state index is 0.305. The summed E-state index contributed by atoms with van der Waals surface area (Å²) in [5, 5.41) is 12.7. The van der Waals surface area contributed by atoms with E-state index in [0.717, 1.165) is 6.42 Å². The molecule has 4 heteroatoms. The summed E-state index contributed by atoms with van der Waals surface area (Å²) in [6.07, 6.45) is 2.63. The first-order chi connectivity index (χ1) is 7.30. The van der Waals surface area contributed by atoms with Gasteiger partial charge in [-0.05, 0) is 40.5 Å². The van der Waals surface area contributed by atoms with Crippen molar-refractivity contribution in [3.8, 4) is 0 Å². The van der Waals surface area contributed by atoms with Crippen molar-refractivity contribution in [3.63, 3.8) is 0 Å². The number of piperidine rings is 1. The average molecular weight is 228 g/mol. The molecule has 1 aliphatic heterocycles. The monoisotopic (exact) mass is 228 g/mol. The number of carbonyl (C=O) groups is 1. The van der Waals surface area contributed by atoms with Crippen molar-refractivity contribution in [3.05, 3.63) is 0 Å². The number of hydrogen-bond acceptors (Lipinski definition) is 2. The van der Waals surface area contributed by atoms with Crippen LogP contribution in [-0.2, 0) is 0 Å². The molecule has 0 bridgehead atoms. The van der Waals surface area contributed by atoms with Crippen LogP contribution in [0, 0.1) is 0 Å². The highest BCUT2D eigenvalue weighted by Crippen LogP contribution is 2.18. The van der Waals surface area contributed by atoms with Crippen LogP contribution in [-0.4, -0.2) is 40.3 Å². The van der Waals surface area contributed by atoms with Crippen LogP contribution >= 0.6 is 0 Å². The van der Waals surface area contributed by atoms with Gasteiger partial charge < -0.3 is 15.3 Å². The Labute approximate surface area is 98.0 Å². The van der Waals surface area contributed by atoms with Gasteiger partial charge in [0.1, 0.15) is 0 Å². The lowest BCUT2D eigenvalue weighted by molar-refractivity contribution is 0.0879. The first-order valence-electron chi connectivity index (χ1n) is 6.07. The van der Waals surface area contributed by atoms with Gasteiger partial charge >= 0.3 is 6.09 Å². The van der Waals surface area contributed by atoms with Crippen LogP contribution in [0.3, 0.4) is 0 Å². The first-order valence-corrected chi connectivity index (χ1v) is 6.07. The fraction of sp³-hybridized carbons (Fsp3) is 0.917. The quantitative estimate of drug-likeness (QED) is 0.762. The number of amides is 1. The molecule has 1 amide bonds. The minimum Gasteiger partial charge on any atom is -0.465 e. The number of rotatable bonds is 2. The predicted octanol–water partition coefficient (Wildman–Crippen LogP) is 2.30. The topological polar surface area (TPSA) is 52.6 Å². The largest absolute Gasteiger partial charge is 0.465 e. The summed E-state index contributed by atoms with van der Waals surface area (Å²) in [4.78, 5) is 12.7. The molecule has 0 saturated carbocycles. The van der Waals surface area contributed by atoms with Crippen molar-refractivity contribution in [1.29, 1.82) is 0 Å². The number of nitrogens with one attached hydrogen (secondary N) is 1. The molecule has 0 radical (unpaired) electrons. The van der Waals surface area contributed by atoms with Crippen LogP contribution in [0.5, 0.6) is 0 Å². The summed E-state index contributed by atoms with van der Waals surface area (Å²) in [6.45, 7) is 8.56. The molecule has 2 N–H and O–H groups in total. The SMILES string of the molecule is C[C@@H]1CCC[C@H](CN(C(=O)O)C(C)(C)C)N1. The van der Waals surface area contributed by atoms with Crippen molar-refractivity contribution in [2.45, 2.75) is 64.6 Å². The molecule has 0 unspecified atom stereocenters. The summed E-state index contributed by atoms with van der Waals surface area (Å²) < 4.78 is 0. The van der Waals surface area contributed by atoms with Crippen LogP contribution in [0.15, 0.2) is 0 Å². The Kier molecular flexibility index (Phi) is 4.19. The Balaban J connectivity index is 2.58. The van der Waals surface area contributed by atoms with Crippen molar-refractivity contribution in [1.82, 2.24) is 10.2 Å². The molecule has 4 nitrogen and oxygen atoms in total. The Morgan fingerprint density at radius 1 is 1.44 bits per heavy atom. The molecule has 0 aromatic heterocycles. The Bertz CT molecular complexity index is 248. The lowest BCUT2D eigenvalue weighted by Crippen LogP contribution is -2.54. The Morgan fingerprint density at radius 3 is 2.50 bits per heavy atom. The maximum atomic E-state index is 11.2.